The van der Waals surface area contributed by atoms with Crippen LogP contribution in [0.4, 0.5) is 0 Å². The summed E-state index contributed by atoms with van der Waals surface area (Å²) in [7, 11) is 0. The largest absolute Gasteiger partial charge is 0.341 e. The zero-order chi connectivity index (χ0) is 10.3. The Hall–Kier alpha value is -0.570. The second kappa shape index (κ2) is 3.78. The Balaban J connectivity index is 1.55. The number of nitrogens with zero attached hydrogens (tertiary/aromatic N) is 1. The van der Waals surface area contributed by atoms with Crippen molar-refractivity contribution in [2.45, 2.75) is 38.1 Å². The van der Waals surface area contributed by atoms with Crippen LogP contribution in [-0.2, 0) is 4.79 Å². The fourth-order valence-corrected chi connectivity index (χ4v) is 2.96. The summed E-state index contributed by atoms with van der Waals surface area (Å²) in [5, 5.41) is 3.52. The first-order valence-corrected chi connectivity index (χ1v) is 6.34. The second-order valence-electron chi connectivity index (χ2n) is 5.39. The molecule has 0 spiro atoms. The minimum Gasteiger partial charge on any atom is -0.341 e. The lowest BCUT2D eigenvalue weighted by atomic mass is 9.92. The van der Waals surface area contributed by atoms with Crippen molar-refractivity contribution in [3.05, 3.63) is 0 Å². The smallest absolute Gasteiger partial charge is 0.222 e. The van der Waals surface area contributed by atoms with E-state index in [2.05, 4.69) is 10.2 Å². The Kier molecular flexibility index (Phi) is 2.43. The van der Waals surface area contributed by atoms with E-state index in [0.717, 1.165) is 37.9 Å². The third-order valence-corrected chi connectivity index (χ3v) is 4.19. The van der Waals surface area contributed by atoms with Crippen LogP contribution in [0.25, 0.3) is 0 Å². The molecule has 2 atom stereocenters. The van der Waals surface area contributed by atoms with Crippen LogP contribution in [0.15, 0.2) is 0 Å². The highest BCUT2D eigenvalue weighted by atomic mass is 16.2. The molecule has 0 unspecified atom stereocenters. The lowest BCUT2D eigenvalue weighted by molar-refractivity contribution is -0.133. The van der Waals surface area contributed by atoms with Gasteiger partial charge in [0, 0.05) is 25.6 Å². The molecule has 1 amide bonds. The van der Waals surface area contributed by atoms with Crippen molar-refractivity contribution in [3.8, 4) is 0 Å². The molecule has 0 aromatic heterocycles. The molecule has 3 heteroatoms. The SMILES string of the molecule is O=C(CC1CC1)N1CC[C@@H]2CCN[C@@H]2C1. The zero-order valence-electron chi connectivity index (χ0n) is 9.24. The Morgan fingerprint density at radius 3 is 2.93 bits per heavy atom. The number of fused-ring (bicyclic) bond motifs is 1. The molecule has 0 aromatic carbocycles. The number of hydrogen-bond donors (Lipinski definition) is 1. The molecule has 1 N–H and O–H groups in total. The lowest BCUT2D eigenvalue weighted by Crippen LogP contribution is -2.48. The molecule has 1 aliphatic carbocycles. The standard InChI is InChI=1S/C12H20N2O/c15-12(7-9-1-2-9)14-6-4-10-3-5-13-11(10)8-14/h9-11,13H,1-8H2/t10-,11+/m0/s1. The third kappa shape index (κ3) is 2.03. The zero-order valence-corrected chi connectivity index (χ0v) is 9.24. The van der Waals surface area contributed by atoms with E-state index in [1.54, 1.807) is 0 Å². The molecule has 84 valence electrons. The Bertz CT molecular complexity index is 262. The van der Waals surface area contributed by atoms with Crippen molar-refractivity contribution in [3.63, 3.8) is 0 Å². The summed E-state index contributed by atoms with van der Waals surface area (Å²) in [6.07, 6.45) is 5.91. The van der Waals surface area contributed by atoms with Crippen LogP contribution in [0.3, 0.4) is 0 Å². The van der Waals surface area contributed by atoms with Gasteiger partial charge in [-0.15, -0.1) is 0 Å². The Morgan fingerprint density at radius 1 is 1.27 bits per heavy atom. The molecule has 3 rings (SSSR count). The van der Waals surface area contributed by atoms with E-state index in [1.165, 1.54) is 25.7 Å². The van der Waals surface area contributed by atoms with E-state index >= 15 is 0 Å². The number of nitrogens with one attached hydrogen (secondary N) is 1. The highest BCUT2D eigenvalue weighted by Gasteiger charge is 2.35. The van der Waals surface area contributed by atoms with E-state index in [-0.39, 0.29) is 0 Å². The maximum Gasteiger partial charge on any atom is 0.222 e. The summed E-state index contributed by atoms with van der Waals surface area (Å²) in [5.41, 5.74) is 0. The van der Waals surface area contributed by atoms with E-state index < -0.39 is 0 Å². The third-order valence-electron chi connectivity index (χ3n) is 4.19. The Labute approximate surface area is 91.2 Å². The van der Waals surface area contributed by atoms with Crippen LogP contribution in [0.5, 0.6) is 0 Å². The maximum absolute atomic E-state index is 11.9. The van der Waals surface area contributed by atoms with Crippen LogP contribution in [0, 0.1) is 11.8 Å². The van der Waals surface area contributed by atoms with Gasteiger partial charge in [-0.05, 0) is 44.1 Å². The molecule has 2 saturated heterocycles. The molecule has 0 aromatic rings. The molecular formula is C12H20N2O. The van der Waals surface area contributed by atoms with Gasteiger partial charge in [-0.25, -0.2) is 0 Å². The quantitative estimate of drug-likeness (QED) is 0.734. The summed E-state index contributed by atoms with van der Waals surface area (Å²) >= 11 is 0. The van der Waals surface area contributed by atoms with Crippen molar-refractivity contribution in [2.24, 2.45) is 11.8 Å². The van der Waals surface area contributed by atoms with Crippen LogP contribution in [-0.4, -0.2) is 36.5 Å². The molecule has 1 saturated carbocycles. The van der Waals surface area contributed by atoms with Gasteiger partial charge in [0.1, 0.15) is 0 Å². The molecule has 3 aliphatic rings. The van der Waals surface area contributed by atoms with Crippen molar-refractivity contribution < 1.29 is 4.79 Å². The van der Waals surface area contributed by atoms with Crippen LogP contribution in [0.2, 0.25) is 0 Å². The maximum atomic E-state index is 11.9. The van der Waals surface area contributed by atoms with E-state index in [1.807, 2.05) is 0 Å². The van der Waals surface area contributed by atoms with Gasteiger partial charge in [0.15, 0.2) is 0 Å². The van der Waals surface area contributed by atoms with Crippen molar-refractivity contribution in [1.29, 1.82) is 0 Å². The van der Waals surface area contributed by atoms with Gasteiger partial charge in [-0.3, -0.25) is 4.79 Å². The number of likely N-dealkylation sites (tertiary alicyclic amines) is 1. The summed E-state index contributed by atoms with van der Waals surface area (Å²) < 4.78 is 0. The average molecular weight is 208 g/mol. The van der Waals surface area contributed by atoms with Crippen LogP contribution in [0.1, 0.15) is 32.1 Å². The lowest BCUT2D eigenvalue weighted by Gasteiger charge is -2.35. The van der Waals surface area contributed by atoms with Crippen LogP contribution >= 0.6 is 0 Å². The molecule has 3 fully saturated rings. The first-order chi connectivity index (χ1) is 7.33. The van der Waals surface area contributed by atoms with Crippen molar-refractivity contribution in [2.75, 3.05) is 19.6 Å². The molecular weight excluding hydrogens is 188 g/mol. The fourth-order valence-electron chi connectivity index (χ4n) is 2.96. The van der Waals surface area contributed by atoms with Gasteiger partial charge in [0.25, 0.3) is 0 Å². The first kappa shape index (κ1) is 9.64. The minimum atomic E-state index is 0.407. The normalized spacial score (nSPS) is 35.3. The molecule has 3 nitrogen and oxygen atoms in total. The summed E-state index contributed by atoms with van der Waals surface area (Å²) in [4.78, 5) is 14.0. The topological polar surface area (TPSA) is 32.3 Å². The molecule has 2 heterocycles. The highest BCUT2D eigenvalue weighted by Crippen LogP contribution is 2.34. The number of rotatable bonds is 2. The number of carbonyl (C=O) groups is 1. The molecule has 0 bridgehead atoms. The Morgan fingerprint density at radius 2 is 2.13 bits per heavy atom. The van der Waals surface area contributed by atoms with E-state index in [0.29, 0.717) is 11.9 Å². The predicted octanol–water partition coefficient (Wildman–Crippen LogP) is 0.997. The molecule has 15 heavy (non-hydrogen) atoms. The predicted molar refractivity (Wildman–Crippen MR) is 58.4 cm³/mol. The fraction of sp³-hybridized carbons (Fsp3) is 0.917. The van der Waals surface area contributed by atoms with Gasteiger partial charge in [-0.1, -0.05) is 0 Å². The van der Waals surface area contributed by atoms with Crippen LogP contribution < -0.4 is 5.32 Å². The highest BCUT2D eigenvalue weighted by molar-refractivity contribution is 5.76. The van der Waals surface area contributed by atoms with Crippen molar-refractivity contribution in [1.82, 2.24) is 10.2 Å². The van der Waals surface area contributed by atoms with E-state index in [4.69, 9.17) is 0 Å². The first-order valence-electron chi connectivity index (χ1n) is 6.34. The second-order valence-corrected chi connectivity index (χ2v) is 5.39. The van der Waals surface area contributed by atoms with Gasteiger partial charge < -0.3 is 10.2 Å². The van der Waals surface area contributed by atoms with Gasteiger partial charge >= 0.3 is 0 Å². The van der Waals surface area contributed by atoms with Gasteiger partial charge in [0.05, 0.1) is 0 Å². The summed E-state index contributed by atoms with van der Waals surface area (Å²) in [5.74, 6) is 1.98. The van der Waals surface area contributed by atoms with Gasteiger partial charge in [0.2, 0.25) is 5.91 Å². The summed E-state index contributed by atoms with van der Waals surface area (Å²) in [6.45, 7) is 3.13. The number of piperidine rings is 1. The minimum absolute atomic E-state index is 0.407. The number of carbonyl (C=O) groups excluding carboxylic acids is 1. The molecule has 2 aliphatic heterocycles. The number of hydrogen-bond acceptors (Lipinski definition) is 2. The van der Waals surface area contributed by atoms with Crippen molar-refractivity contribution >= 4 is 5.91 Å². The summed E-state index contributed by atoms with van der Waals surface area (Å²) in [6, 6.07) is 0.599. The average Bonchev–Trinajstić information content (AvgIpc) is 2.94. The van der Waals surface area contributed by atoms with Gasteiger partial charge in [-0.2, -0.15) is 0 Å². The number of amides is 1. The monoisotopic (exact) mass is 208 g/mol. The molecule has 0 radical (unpaired) electrons. The van der Waals surface area contributed by atoms with E-state index in [9.17, 15) is 4.79 Å².